The van der Waals surface area contributed by atoms with Crippen LogP contribution in [0.4, 0.5) is 0 Å². The molecule has 6 nitrogen and oxygen atoms in total. The van der Waals surface area contributed by atoms with E-state index in [0.29, 0.717) is 22.6 Å². The summed E-state index contributed by atoms with van der Waals surface area (Å²) >= 11 is 1.26. The minimum Gasteiger partial charge on any atom is -0.464 e. The fourth-order valence-corrected chi connectivity index (χ4v) is 4.40. The number of carbonyl (C=O) groups is 1. The molecule has 0 saturated carbocycles. The number of furan rings is 1. The number of thioether (sulfide) groups is 1. The van der Waals surface area contributed by atoms with Crippen molar-refractivity contribution >= 4 is 28.6 Å². The summed E-state index contributed by atoms with van der Waals surface area (Å²) in [5.41, 5.74) is 2.40. The lowest BCUT2D eigenvalue weighted by Gasteiger charge is -2.17. The van der Waals surface area contributed by atoms with Gasteiger partial charge in [-0.2, -0.15) is 0 Å². The van der Waals surface area contributed by atoms with Gasteiger partial charge in [0.15, 0.2) is 5.16 Å². The lowest BCUT2D eigenvalue weighted by Crippen LogP contribution is -2.28. The highest BCUT2D eigenvalue weighted by Crippen LogP contribution is 2.22. The Kier molecular flexibility index (Phi) is 6.46. The van der Waals surface area contributed by atoms with Gasteiger partial charge in [-0.05, 0) is 55.3 Å². The molecule has 7 heteroatoms. The summed E-state index contributed by atoms with van der Waals surface area (Å²) in [7, 11) is 1.74. The van der Waals surface area contributed by atoms with Gasteiger partial charge in [0.2, 0.25) is 5.91 Å². The summed E-state index contributed by atoms with van der Waals surface area (Å²) in [4.78, 5) is 32.4. The molecule has 0 unspecified atom stereocenters. The Morgan fingerprint density at radius 1 is 1.09 bits per heavy atom. The number of nitrogens with zero attached hydrogens (tertiary/aromatic N) is 3. The van der Waals surface area contributed by atoms with Gasteiger partial charge in [0, 0.05) is 7.05 Å². The van der Waals surface area contributed by atoms with Crippen LogP contribution >= 0.6 is 11.8 Å². The first-order chi connectivity index (χ1) is 15.5. The second-order valence-corrected chi connectivity index (χ2v) is 8.57. The molecular formula is C25H25N3O3S. The van der Waals surface area contributed by atoms with Gasteiger partial charge in [-0.3, -0.25) is 14.2 Å². The highest BCUT2D eigenvalue weighted by Gasteiger charge is 2.17. The first-order valence-corrected chi connectivity index (χ1v) is 11.5. The Labute approximate surface area is 190 Å². The van der Waals surface area contributed by atoms with Crippen LogP contribution in [0.25, 0.3) is 16.6 Å². The number of carbonyl (C=O) groups excluding carboxylic acids is 1. The second-order valence-electron chi connectivity index (χ2n) is 7.62. The molecule has 0 spiro atoms. The Hall–Kier alpha value is -3.32. The molecule has 2 aromatic carbocycles. The molecule has 4 rings (SSSR count). The first kappa shape index (κ1) is 21.9. The van der Waals surface area contributed by atoms with Crippen LogP contribution in [-0.2, 0) is 17.8 Å². The molecular weight excluding hydrogens is 422 g/mol. The van der Waals surface area contributed by atoms with Crippen molar-refractivity contribution < 1.29 is 9.21 Å². The molecule has 0 radical (unpaired) electrons. The van der Waals surface area contributed by atoms with Crippen molar-refractivity contribution in [2.45, 2.75) is 32.0 Å². The van der Waals surface area contributed by atoms with Crippen molar-refractivity contribution in [3.63, 3.8) is 0 Å². The van der Waals surface area contributed by atoms with Gasteiger partial charge in [-0.25, -0.2) is 4.98 Å². The number of hydrogen-bond acceptors (Lipinski definition) is 5. The van der Waals surface area contributed by atoms with Crippen molar-refractivity contribution in [1.82, 2.24) is 14.5 Å². The quantitative estimate of drug-likeness (QED) is 0.306. The summed E-state index contributed by atoms with van der Waals surface area (Å²) in [6.45, 7) is 4.36. The standard InChI is InChI=1S/C25H25N3O3S/c1-4-18-10-12-19(13-11-18)28-24(30)21-7-5-6-8-22(21)26-25(28)32-16-23(29)27(3)15-20-14-9-17(2)31-20/h5-14H,4,15-16H2,1-3H3. The lowest BCUT2D eigenvalue weighted by atomic mass is 10.1. The Balaban J connectivity index is 1.63. The van der Waals surface area contributed by atoms with E-state index in [1.807, 2.05) is 61.5 Å². The van der Waals surface area contributed by atoms with E-state index in [0.717, 1.165) is 23.6 Å². The largest absolute Gasteiger partial charge is 0.464 e. The van der Waals surface area contributed by atoms with Crippen LogP contribution in [0, 0.1) is 6.92 Å². The molecule has 0 aliphatic heterocycles. The molecule has 0 fully saturated rings. The van der Waals surface area contributed by atoms with Crippen LogP contribution in [0.1, 0.15) is 24.0 Å². The van der Waals surface area contributed by atoms with Gasteiger partial charge >= 0.3 is 0 Å². The predicted octanol–water partition coefficient (Wildman–Crippen LogP) is 4.60. The SMILES string of the molecule is CCc1ccc(-n2c(SCC(=O)N(C)Cc3ccc(C)o3)nc3ccccc3c2=O)cc1. The number of benzene rings is 2. The van der Waals surface area contributed by atoms with Crippen LogP contribution in [-0.4, -0.2) is 33.2 Å². The first-order valence-electron chi connectivity index (χ1n) is 10.5. The molecule has 32 heavy (non-hydrogen) atoms. The smallest absolute Gasteiger partial charge is 0.266 e. The van der Waals surface area contributed by atoms with Crippen LogP contribution < -0.4 is 5.56 Å². The molecule has 1 amide bonds. The fourth-order valence-electron chi connectivity index (χ4n) is 3.45. The molecule has 2 aromatic heterocycles. The molecule has 0 atom stereocenters. The normalized spacial score (nSPS) is 11.1. The topological polar surface area (TPSA) is 68.3 Å². The number of rotatable bonds is 7. The number of para-hydroxylation sites is 1. The van der Waals surface area contributed by atoms with E-state index in [4.69, 9.17) is 9.40 Å². The van der Waals surface area contributed by atoms with E-state index >= 15 is 0 Å². The molecule has 0 aliphatic carbocycles. The van der Waals surface area contributed by atoms with Crippen molar-refractivity contribution in [2.24, 2.45) is 0 Å². The average Bonchev–Trinajstić information content (AvgIpc) is 3.22. The van der Waals surface area contributed by atoms with Crippen molar-refractivity contribution in [3.05, 3.63) is 88.1 Å². The monoisotopic (exact) mass is 447 g/mol. The van der Waals surface area contributed by atoms with Crippen molar-refractivity contribution in [2.75, 3.05) is 12.8 Å². The highest BCUT2D eigenvalue weighted by molar-refractivity contribution is 7.99. The third-order valence-corrected chi connectivity index (χ3v) is 6.21. The lowest BCUT2D eigenvalue weighted by molar-refractivity contribution is -0.127. The Morgan fingerprint density at radius 2 is 1.84 bits per heavy atom. The zero-order valence-corrected chi connectivity index (χ0v) is 19.2. The van der Waals surface area contributed by atoms with Crippen molar-refractivity contribution in [1.29, 1.82) is 0 Å². The Bertz CT molecular complexity index is 1310. The van der Waals surface area contributed by atoms with E-state index < -0.39 is 0 Å². The van der Waals surface area contributed by atoms with Crippen LogP contribution in [0.15, 0.2) is 75.0 Å². The minimum atomic E-state index is -0.144. The number of aromatic nitrogens is 2. The van der Waals surface area contributed by atoms with Crippen LogP contribution in [0.5, 0.6) is 0 Å². The third-order valence-electron chi connectivity index (χ3n) is 5.29. The summed E-state index contributed by atoms with van der Waals surface area (Å²) in [6, 6.07) is 18.9. The van der Waals surface area contributed by atoms with E-state index in [1.165, 1.54) is 17.3 Å². The maximum absolute atomic E-state index is 13.3. The fraction of sp³-hybridized carbons (Fsp3) is 0.240. The predicted molar refractivity (Wildman–Crippen MR) is 127 cm³/mol. The molecule has 164 valence electrons. The zero-order valence-electron chi connectivity index (χ0n) is 18.4. The van der Waals surface area contributed by atoms with Gasteiger partial charge in [-0.1, -0.05) is 43.0 Å². The number of amides is 1. The maximum atomic E-state index is 13.3. The number of hydrogen-bond donors (Lipinski definition) is 0. The van der Waals surface area contributed by atoms with Crippen LogP contribution in [0.2, 0.25) is 0 Å². The molecule has 4 aromatic rings. The number of fused-ring (bicyclic) bond motifs is 1. The van der Waals surface area contributed by atoms with Gasteiger partial charge in [-0.15, -0.1) is 0 Å². The minimum absolute atomic E-state index is 0.0701. The molecule has 0 aliphatic rings. The van der Waals surface area contributed by atoms with Gasteiger partial charge in [0.25, 0.3) is 5.56 Å². The van der Waals surface area contributed by atoms with E-state index in [-0.39, 0.29) is 17.2 Å². The van der Waals surface area contributed by atoms with Crippen molar-refractivity contribution in [3.8, 4) is 5.69 Å². The summed E-state index contributed by atoms with van der Waals surface area (Å²) in [6.07, 6.45) is 0.919. The molecule has 0 saturated heterocycles. The van der Waals surface area contributed by atoms with Gasteiger partial charge in [0.1, 0.15) is 11.5 Å². The third kappa shape index (κ3) is 4.62. The molecule has 0 bridgehead atoms. The summed E-state index contributed by atoms with van der Waals surface area (Å²) in [5.74, 6) is 1.64. The molecule has 0 N–H and O–H groups in total. The summed E-state index contributed by atoms with van der Waals surface area (Å²) < 4.78 is 7.16. The van der Waals surface area contributed by atoms with Gasteiger partial charge in [0.05, 0.1) is 28.9 Å². The van der Waals surface area contributed by atoms with Crippen LogP contribution in [0.3, 0.4) is 0 Å². The molecule has 2 heterocycles. The maximum Gasteiger partial charge on any atom is 0.266 e. The van der Waals surface area contributed by atoms with Gasteiger partial charge < -0.3 is 9.32 Å². The van der Waals surface area contributed by atoms with E-state index in [9.17, 15) is 9.59 Å². The Morgan fingerprint density at radius 3 is 2.53 bits per heavy atom. The zero-order chi connectivity index (χ0) is 22.7. The average molecular weight is 448 g/mol. The summed E-state index contributed by atoms with van der Waals surface area (Å²) in [5, 5.41) is 1.04. The highest BCUT2D eigenvalue weighted by atomic mass is 32.2. The second kappa shape index (κ2) is 9.44. The van der Waals surface area contributed by atoms with E-state index in [1.54, 1.807) is 22.6 Å². The number of aryl methyl sites for hydroxylation is 2. The van der Waals surface area contributed by atoms with E-state index in [2.05, 4.69) is 6.92 Å².